The van der Waals surface area contributed by atoms with Gasteiger partial charge in [-0.3, -0.25) is 4.79 Å². The minimum atomic E-state index is -0.790. The Morgan fingerprint density at radius 1 is 1.20 bits per heavy atom. The van der Waals surface area contributed by atoms with Gasteiger partial charge in [-0.25, -0.2) is 0 Å². The Morgan fingerprint density at radius 2 is 1.80 bits per heavy atom. The maximum absolute atomic E-state index is 11.7. The fourth-order valence-corrected chi connectivity index (χ4v) is 2.88. The second kappa shape index (κ2) is 5.35. The summed E-state index contributed by atoms with van der Waals surface area (Å²) < 4.78 is 10.8. The van der Waals surface area contributed by atoms with Gasteiger partial charge in [-0.05, 0) is 30.4 Å². The highest BCUT2D eigenvalue weighted by atomic mass is 16.5. The van der Waals surface area contributed by atoms with E-state index in [0.717, 1.165) is 23.3 Å². The maximum Gasteiger partial charge on any atom is 0.314 e. The van der Waals surface area contributed by atoms with Crippen molar-refractivity contribution in [2.45, 2.75) is 44.4 Å². The predicted octanol–water partition coefficient (Wildman–Crippen LogP) is 3.33. The number of hydrogen-bond acceptors (Lipinski definition) is 3. The Kier molecular flexibility index (Phi) is 3.93. The van der Waals surface area contributed by atoms with Crippen molar-refractivity contribution < 1.29 is 19.4 Å². The standard InChI is InChI=1S/C16H22O4/c1-10(2)11-8-12(14(20-4)9-13(11)19-3)16(15(17)18)6-5-7-16/h8-10H,5-7H2,1-4H3,(H,17,18). The first-order valence-corrected chi connectivity index (χ1v) is 6.96. The molecule has 0 spiro atoms. The highest BCUT2D eigenvalue weighted by Gasteiger charge is 2.48. The molecule has 1 fully saturated rings. The van der Waals surface area contributed by atoms with Crippen LogP contribution < -0.4 is 9.47 Å². The van der Waals surface area contributed by atoms with Gasteiger partial charge in [-0.1, -0.05) is 20.3 Å². The smallest absolute Gasteiger partial charge is 0.314 e. The molecule has 2 rings (SSSR count). The monoisotopic (exact) mass is 278 g/mol. The molecule has 4 nitrogen and oxygen atoms in total. The van der Waals surface area contributed by atoms with Crippen molar-refractivity contribution in [3.8, 4) is 11.5 Å². The molecule has 4 heteroatoms. The maximum atomic E-state index is 11.7. The van der Waals surface area contributed by atoms with E-state index in [-0.39, 0.29) is 5.92 Å². The van der Waals surface area contributed by atoms with Gasteiger partial charge in [0.1, 0.15) is 11.5 Å². The molecule has 1 aromatic rings. The average Bonchev–Trinajstić information content (AvgIpc) is 2.36. The molecule has 0 radical (unpaired) electrons. The van der Waals surface area contributed by atoms with E-state index in [1.165, 1.54) is 0 Å². The van der Waals surface area contributed by atoms with Crippen molar-refractivity contribution in [2.24, 2.45) is 0 Å². The predicted molar refractivity (Wildman–Crippen MR) is 76.8 cm³/mol. The van der Waals surface area contributed by atoms with E-state index in [2.05, 4.69) is 13.8 Å². The molecule has 0 saturated heterocycles. The summed E-state index contributed by atoms with van der Waals surface area (Å²) in [5.74, 6) is 0.858. The van der Waals surface area contributed by atoms with Crippen molar-refractivity contribution in [1.29, 1.82) is 0 Å². The van der Waals surface area contributed by atoms with E-state index in [4.69, 9.17) is 9.47 Å². The number of rotatable bonds is 5. The van der Waals surface area contributed by atoms with E-state index < -0.39 is 11.4 Å². The number of ether oxygens (including phenoxy) is 2. The topological polar surface area (TPSA) is 55.8 Å². The highest BCUT2D eigenvalue weighted by molar-refractivity contribution is 5.84. The fraction of sp³-hybridized carbons (Fsp3) is 0.562. The average molecular weight is 278 g/mol. The van der Waals surface area contributed by atoms with Gasteiger partial charge in [0, 0.05) is 11.6 Å². The van der Waals surface area contributed by atoms with Gasteiger partial charge in [-0.2, -0.15) is 0 Å². The zero-order chi connectivity index (χ0) is 14.9. The van der Waals surface area contributed by atoms with Crippen LogP contribution in [0.15, 0.2) is 12.1 Å². The highest BCUT2D eigenvalue weighted by Crippen LogP contribution is 2.49. The van der Waals surface area contributed by atoms with Crippen LogP contribution in [0.25, 0.3) is 0 Å². The molecule has 0 unspecified atom stereocenters. The van der Waals surface area contributed by atoms with Crippen LogP contribution in [0, 0.1) is 0 Å². The molecule has 1 aromatic carbocycles. The Hall–Kier alpha value is -1.71. The number of carboxylic acid groups (broad SMARTS) is 1. The quantitative estimate of drug-likeness (QED) is 0.897. The van der Waals surface area contributed by atoms with E-state index in [9.17, 15) is 9.90 Å². The van der Waals surface area contributed by atoms with Gasteiger partial charge >= 0.3 is 5.97 Å². The third-order valence-corrected chi connectivity index (χ3v) is 4.31. The third-order valence-electron chi connectivity index (χ3n) is 4.31. The second-order valence-corrected chi connectivity index (χ2v) is 5.69. The summed E-state index contributed by atoms with van der Waals surface area (Å²) in [5.41, 5.74) is 1.01. The van der Waals surface area contributed by atoms with Crippen molar-refractivity contribution in [3.05, 3.63) is 23.3 Å². The molecule has 1 saturated carbocycles. The molecule has 110 valence electrons. The second-order valence-electron chi connectivity index (χ2n) is 5.69. The molecule has 0 atom stereocenters. The zero-order valence-electron chi connectivity index (χ0n) is 12.5. The van der Waals surface area contributed by atoms with E-state index >= 15 is 0 Å². The molecule has 0 aromatic heterocycles. The Balaban J connectivity index is 2.62. The number of methoxy groups -OCH3 is 2. The zero-order valence-corrected chi connectivity index (χ0v) is 12.5. The summed E-state index contributed by atoms with van der Waals surface area (Å²) in [6, 6.07) is 3.77. The molecule has 1 aliphatic rings. The van der Waals surface area contributed by atoms with Crippen molar-refractivity contribution >= 4 is 5.97 Å². The summed E-state index contributed by atoms with van der Waals surface area (Å²) in [6.45, 7) is 4.14. The van der Waals surface area contributed by atoms with Gasteiger partial charge < -0.3 is 14.6 Å². The van der Waals surface area contributed by atoms with Crippen LogP contribution in [-0.2, 0) is 10.2 Å². The lowest BCUT2D eigenvalue weighted by atomic mass is 9.64. The van der Waals surface area contributed by atoms with Crippen LogP contribution >= 0.6 is 0 Å². The van der Waals surface area contributed by atoms with Crippen LogP contribution in [0.4, 0.5) is 0 Å². The summed E-state index contributed by atoms with van der Waals surface area (Å²) in [6.07, 6.45) is 2.28. The molecular formula is C16H22O4. The largest absolute Gasteiger partial charge is 0.496 e. The van der Waals surface area contributed by atoms with E-state index in [1.54, 1.807) is 14.2 Å². The number of carboxylic acids is 1. The van der Waals surface area contributed by atoms with E-state index in [1.807, 2.05) is 12.1 Å². The van der Waals surface area contributed by atoms with Crippen LogP contribution in [0.1, 0.15) is 50.2 Å². The number of hydrogen-bond donors (Lipinski definition) is 1. The molecule has 1 aliphatic carbocycles. The number of aliphatic carboxylic acids is 1. The van der Waals surface area contributed by atoms with Gasteiger partial charge in [0.2, 0.25) is 0 Å². The Morgan fingerprint density at radius 3 is 2.15 bits per heavy atom. The molecule has 0 heterocycles. The fourth-order valence-electron chi connectivity index (χ4n) is 2.88. The van der Waals surface area contributed by atoms with Gasteiger partial charge in [0.15, 0.2) is 0 Å². The molecule has 0 aliphatic heterocycles. The minimum Gasteiger partial charge on any atom is -0.496 e. The first-order valence-electron chi connectivity index (χ1n) is 6.96. The lowest BCUT2D eigenvalue weighted by molar-refractivity contribution is -0.147. The molecule has 0 amide bonds. The summed E-state index contributed by atoms with van der Waals surface area (Å²) in [4.78, 5) is 11.7. The van der Waals surface area contributed by atoms with Crippen LogP contribution in [0.5, 0.6) is 11.5 Å². The van der Waals surface area contributed by atoms with Crippen molar-refractivity contribution in [2.75, 3.05) is 14.2 Å². The van der Waals surface area contributed by atoms with Gasteiger partial charge in [-0.15, -0.1) is 0 Å². The van der Waals surface area contributed by atoms with Crippen LogP contribution in [0.2, 0.25) is 0 Å². The molecule has 20 heavy (non-hydrogen) atoms. The minimum absolute atomic E-state index is 0.264. The number of carbonyl (C=O) groups is 1. The van der Waals surface area contributed by atoms with Crippen molar-refractivity contribution in [1.82, 2.24) is 0 Å². The lowest BCUT2D eigenvalue weighted by Gasteiger charge is -2.39. The summed E-state index contributed by atoms with van der Waals surface area (Å²) in [7, 11) is 3.19. The first kappa shape index (κ1) is 14.7. The van der Waals surface area contributed by atoms with Crippen LogP contribution in [-0.4, -0.2) is 25.3 Å². The summed E-state index contributed by atoms with van der Waals surface area (Å²) in [5, 5.41) is 9.63. The van der Waals surface area contributed by atoms with Gasteiger partial charge in [0.25, 0.3) is 0 Å². The first-order chi connectivity index (χ1) is 9.46. The van der Waals surface area contributed by atoms with E-state index in [0.29, 0.717) is 18.6 Å². The molecule has 1 N–H and O–H groups in total. The Labute approximate surface area is 119 Å². The SMILES string of the molecule is COc1cc(OC)c(C2(C(=O)O)CCC2)cc1C(C)C. The number of benzene rings is 1. The van der Waals surface area contributed by atoms with Crippen molar-refractivity contribution in [3.63, 3.8) is 0 Å². The van der Waals surface area contributed by atoms with Gasteiger partial charge in [0.05, 0.1) is 19.6 Å². The lowest BCUT2D eigenvalue weighted by Crippen LogP contribution is -2.42. The molecular weight excluding hydrogens is 256 g/mol. The normalized spacial score (nSPS) is 16.6. The summed E-state index contributed by atoms with van der Waals surface area (Å²) >= 11 is 0. The van der Waals surface area contributed by atoms with Crippen LogP contribution in [0.3, 0.4) is 0 Å². The molecule has 0 bridgehead atoms. The third kappa shape index (κ3) is 2.13. The Bertz CT molecular complexity index is 515.